The van der Waals surface area contributed by atoms with Crippen molar-refractivity contribution in [3.63, 3.8) is 0 Å². The van der Waals surface area contributed by atoms with Crippen LogP contribution in [0.5, 0.6) is 0 Å². The van der Waals surface area contributed by atoms with Crippen molar-refractivity contribution in [2.75, 3.05) is 12.3 Å². The second-order valence-corrected chi connectivity index (χ2v) is 10.7. The van der Waals surface area contributed by atoms with Crippen LogP contribution >= 0.6 is 34.7 Å². The van der Waals surface area contributed by atoms with Gasteiger partial charge in [0, 0.05) is 28.1 Å². The molecule has 178 valence electrons. The first-order chi connectivity index (χ1) is 17.6. The van der Waals surface area contributed by atoms with E-state index < -0.39 is 0 Å². The number of halogens is 1. The number of fused-ring (bicyclic) bond motifs is 2. The van der Waals surface area contributed by atoms with Crippen molar-refractivity contribution in [3.8, 4) is 16.4 Å². The first-order valence-corrected chi connectivity index (χ1v) is 13.6. The van der Waals surface area contributed by atoms with Gasteiger partial charge in [0.05, 0.1) is 21.0 Å². The van der Waals surface area contributed by atoms with Gasteiger partial charge in [0.1, 0.15) is 0 Å². The summed E-state index contributed by atoms with van der Waals surface area (Å²) in [5, 5.41) is 11.4. The van der Waals surface area contributed by atoms with Gasteiger partial charge in [-0.15, -0.1) is 21.5 Å². The fourth-order valence-electron chi connectivity index (χ4n) is 4.31. The Morgan fingerprint density at radius 2 is 1.50 bits per heavy atom. The topological polar surface area (TPSA) is 68.1 Å². The third-order valence-corrected chi connectivity index (χ3v) is 8.71. The van der Waals surface area contributed by atoms with E-state index in [0.717, 1.165) is 25.8 Å². The molecule has 2 amide bonds. The van der Waals surface area contributed by atoms with Gasteiger partial charge in [0.2, 0.25) is 0 Å². The maximum Gasteiger partial charge on any atom is 0.261 e. The highest BCUT2D eigenvalue weighted by Gasteiger charge is 2.34. The van der Waals surface area contributed by atoms with E-state index in [1.165, 1.54) is 4.90 Å². The lowest BCUT2D eigenvalue weighted by Crippen LogP contribution is -2.31. The zero-order chi connectivity index (χ0) is 24.6. The Morgan fingerprint density at radius 3 is 2.22 bits per heavy atom. The number of rotatable bonds is 7. The number of hydrogen-bond donors (Lipinski definition) is 0. The molecule has 1 aliphatic heterocycles. The molecule has 0 N–H and O–H groups in total. The Morgan fingerprint density at radius 1 is 0.833 bits per heavy atom. The monoisotopic (exact) mass is 530 g/mol. The van der Waals surface area contributed by atoms with E-state index in [1.807, 2.05) is 59.2 Å². The van der Waals surface area contributed by atoms with Gasteiger partial charge in [-0.1, -0.05) is 71.9 Å². The minimum atomic E-state index is -0.227. The standard InChI is InChI=1S/C27H19ClN4O2S2/c28-22-20-13-6-7-14-21(20)36-23(22)24-29-30-27(32(24)17-9-2-1-3-10-17)35-16-8-15-31-25(33)18-11-4-5-12-19(18)26(31)34/h1-7,9-14H,8,15-16H2. The van der Waals surface area contributed by atoms with Crippen LogP contribution in [0, 0.1) is 0 Å². The molecule has 0 atom stereocenters. The van der Waals surface area contributed by atoms with Crippen molar-refractivity contribution in [1.82, 2.24) is 19.7 Å². The van der Waals surface area contributed by atoms with Gasteiger partial charge in [-0.3, -0.25) is 19.1 Å². The van der Waals surface area contributed by atoms with E-state index in [-0.39, 0.29) is 11.8 Å². The second-order valence-electron chi connectivity index (χ2n) is 8.23. The van der Waals surface area contributed by atoms with E-state index >= 15 is 0 Å². The van der Waals surface area contributed by atoms with Crippen LogP contribution in [-0.2, 0) is 0 Å². The largest absolute Gasteiger partial charge is 0.274 e. The van der Waals surface area contributed by atoms with Crippen LogP contribution in [-0.4, -0.2) is 43.8 Å². The molecule has 0 aliphatic carbocycles. The third kappa shape index (κ3) is 3.91. The molecular formula is C27H19ClN4O2S2. The Labute approximate surface area is 220 Å². The first kappa shape index (κ1) is 23.0. The molecule has 0 saturated heterocycles. The van der Waals surface area contributed by atoms with Crippen molar-refractivity contribution in [1.29, 1.82) is 0 Å². The number of imide groups is 1. The van der Waals surface area contributed by atoms with E-state index in [4.69, 9.17) is 11.6 Å². The van der Waals surface area contributed by atoms with Gasteiger partial charge >= 0.3 is 0 Å². The quantitative estimate of drug-likeness (QED) is 0.135. The Balaban J connectivity index is 1.24. The molecule has 0 bridgehead atoms. The maximum absolute atomic E-state index is 12.6. The van der Waals surface area contributed by atoms with Crippen LogP contribution < -0.4 is 0 Å². The summed E-state index contributed by atoms with van der Waals surface area (Å²) in [5.74, 6) is 0.901. The molecule has 0 unspecified atom stereocenters. The lowest BCUT2D eigenvalue weighted by Gasteiger charge is -2.13. The highest BCUT2D eigenvalue weighted by molar-refractivity contribution is 7.99. The average molecular weight is 531 g/mol. The van der Waals surface area contributed by atoms with Gasteiger partial charge in [0.25, 0.3) is 11.8 Å². The number of benzene rings is 3. The minimum Gasteiger partial charge on any atom is -0.274 e. The fourth-order valence-corrected chi connectivity index (χ4v) is 6.67. The predicted octanol–water partition coefficient (Wildman–Crippen LogP) is 6.58. The second kappa shape index (κ2) is 9.54. The summed E-state index contributed by atoms with van der Waals surface area (Å²) in [4.78, 5) is 27.5. The van der Waals surface area contributed by atoms with Crippen LogP contribution in [0.3, 0.4) is 0 Å². The molecule has 0 spiro atoms. The predicted molar refractivity (Wildman–Crippen MR) is 144 cm³/mol. The molecule has 9 heteroatoms. The fraction of sp³-hybridized carbons (Fsp3) is 0.111. The van der Waals surface area contributed by atoms with Crippen LogP contribution in [0.15, 0.2) is 84.0 Å². The highest BCUT2D eigenvalue weighted by Crippen LogP contribution is 2.42. The highest BCUT2D eigenvalue weighted by atomic mass is 35.5. The molecule has 3 aromatic carbocycles. The lowest BCUT2D eigenvalue weighted by molar-refractivity contribution is 0.0655. The smallest absolute Gasteiger partial charge is 0.261 e. The number of amides is 2. The number of aromatic nitrogens is 3. The third-order valence-electron chi connectivity index (χ3n) is 6.02. The summed E-state index contributed by atoms with van der Waals surface area (Å²) < 4.78 is 3.11. The molecule has 0 radical (unpaired) electrons. The molecule has 1 aliphatic rings. The molecule has 0 saturated carbocycles. The molecule has 6 nitrogen and oxygen atoms in total. The van der Waals surface area contributed by atoms with Crippen molar-refractivity contribution in [2.24, 2.45) is 0 Å². The molecule has 2 aromatic heterocycles. The summed E-state index contributed by atoms with van der Waals surface area (Å²) in [7, 11) is 0. The number of thiophene rings is 1. The minimum absolute atomic E-state index is 0.227. The van der Waals surface area contributed by atoms with Crippen molar-refractivity contribution in [3.05, 3.63) is 95.0 Å². The summed E-state index contributed by atoms with van der Waals surface area (Å²) in [6.07, 6.45) is 0.636. The van der Waals surface area contributed by atoms with Crippen molar-refractivity contribution < 1.29 is 9.59 Å². The number of carbonyl (C=O) groups is 2. The summed E-state index contributed by atoms with van der Waals surface area (Å²) >= 11 is 9.91. The number of thioether (sulfide) groups is 1. The molecule has 3 heterocycles. The molecular weight excluding hydrogens is 512 g/mol. The van der Waals surface area contributed by atoms with Gasteiger partial charge in [0.15, 0.2) is 11.0 Å². The molecule has 5 aromatic rings. The van der Waals surface area contributed by atoms with Crippen LogP contribution in [0.1, 0.15) is 27.1 Å². The zero-order valence-electron chi connectivity index (χ0n) is 18.9. The summed E-state index contributed by atoms with van der Waals surface area (Å²) in [6.45, 7) is 0.355. The normalized spacial score (nSPS) is 13.1. The lowest BCUT2D eigenvalue weighted by atomic mass is 10.1. The van der Waals surface area contributed by atoms with Gasteiger partial charge in [-0.2, -0.15) is 0 Å². The van der Waals surface area contributed by atoms with E-state index in [0.29, 0.717) is 40.7 Å². The number of nitrogens with zero attached hydrogens (tertiary/aromatic N) is 4. The van der Waals surface area contributed by atoms with Crippen LogP contribution in [0.2, 0.25) is 5.02 Å². The van der Waals surface area contributed by atoms with Crippen molar-refractivity contribution >= 4 is 56.6 Å². The Kier molecular flexibility index (Phi) is 6.08. The van der Waals surface area contributed by atoms with Crippen LogP contribution in [0.4, 0.5) is 0 Å². The number of hydrogen-bond acceptors (Lipinski definition) is 6. The molecule has 0 fully saturated rings. The Hall–Kier alpha value is -3.46. The van der Waals surface area contributed by atoms with E-state index in [1.54, 1.807) is 47.4 Å². The maximum atomic E-state index is 12.6. The van der Waals surface area contributed by atoms with Gasteiger partial charge in [-0.05, 0) is 36.8 Å². The number of para-hydroxylation sites is 1. The first-order valence-electron chi connectivity index (χ1n) is 11.4. The van der Waals surface area contributed by atoms with Crippen LogP contribution in [0.25, 0.3) is 26.5 Å². The zero-order valence-corrected chi connectivity index (χ0v) is 21.3. The number of carbonyl (C=O) groups excluding carboxylic acids is 2. The van der Waals surface area contributed by atoms with Gasteiger partial charge in [-0.25, -0.2) is 0 Å². The summed E-state index contributed by atoms with van der Waals surface area (Å²) in [5.41, 5.74) is 1.89. The average Bonchev–Trinajstić information content (AvgIpc) is 3.56. The van der Waals surface area contributed by atoms with Gasteiger partial charge < -0.3 is 0 Å². The van der Waals surface area contributed by atoms with E-state index in [9.17, 15) is 9.59 Å². The SMILES string of the molecule is O=C1c2ccccc2C(=O)N1CCCSc1nnc(-c2sc3ccccc3c2Cl)n1-c1ccccc1. The molecule has 6 rings (SSSR count). The van der Waals surface area contributed by atoms with Crippen molar-refractivity contribution in [2.45, 2.75) is 11.6 Å². The molecule has 36 heavy (non-hydrogen) atoms. The Bertz CT molecular complexity index is 1580. The van der Waals surface area contributed by atoms with E-state index in [2.05, 4.69) is 10.2 Å². The summed E-state index contributed by atoms with van der Waals surface area (Å²) in [6, 6.07) is 24.9.